The van der Waals surface area contributed by atoms with E-state index < -0.39 is 29.4 Å². The standard InChI is InChI=1S/C21H28N2O7/c1-7-23-18(24)14-15(19(23)25)21(3,20(26)30-8-2)22-16(14)11-9-12(27-4)17(29-6)13(10-11)28-5/h9-10,14-16,22H,7-8H2,1-6H3/p+1/t14-,15+,16-,21-/m1/s1. The van der Waals surface area contributed by atoms with E-state index in [2.05, 4.69) is 0 Å². The maximum atomic E-state index is 13.2. The van der Waals surface area contributed by atoms with Gasteiger partial charge in [-0.2, -0.15) is 0 Å². The third-order valence-corrected chi connectivity index (χ3v) is 6.10. The fourth-order valence-corrected chi connectivity index (χ4v) is 4.71. The molecule has 9 nitrogen and oxygen atoms in total. The molecule has 3 rings (SSSR count). The Morgan fingerprint density at radius 1 is 1.07 bits per heavy atom. The van der Waals surface area contributed by atoms with Crippen LogP contribution in [0.15, 0.2) is 12.1 Å². The van der Waals surface area contributed by atoms with Crippen molar-refractivity contribution in [2.75, 3.05) is 34.5 Å². The fraction of sp³-hybridized carbons (Fsp3) is 0.571. The highest BCUT2D eigenvalue weighted by atomic mass is 16.5. The van der Waals surface area contributed by atoms with Gasteiger partial charge >= 0.3 is 5.97 Å². The van der Waals surface area contributed by atoms with Crippen molar-refractivity contribution in [2.24, 2.45) is 11.8 Å². The SMILES string of the molecule is CCOC(=O)[C@]1(C)[NH2+][C@H](c2cc(OC)c(OC)c(OC)c2)[C@@H]2C(=O)N(CC)C(=O)[C@H]21. The van der Waals surface area contributed by atoms with Gasteiger partial charge in [0, 0.05) is 19.0 Å². The van der Waals surface area contributed by atoms with Crippen LogP contribution in [0.4, 0.5) is 0 Å². The van der Waals surface area contributed by atoms with Crippen molar-refractivity contribution in [1.29, 1.82) is 0 Å². The number of hydrogen-bond acceptors (Lipinski definition) is 7. The van der Waals surface area contributed by atoms with Crippen molar-refractivity contribution in [3.05, 3.63) is 17.7 Å². The minimum atomic E-state index is -1.22. The van der Waals surface area contributed by atoms with E-state index in [1.54, 1.807) is 38.2 Å². The number of imide groups is 1. The molecule has 0 spiro atoms. The average Bonchev–Trinajstić information content (AvgIpc) is 3.20. The first kappa shape index (κ1) is 21.9. The van der Waals surface area contributed by atoms with Gasteiger partial charge in [-0.15, -0.1) is 0 Å². The summed E-state index contributed by atoms with van der Waals surface area (Å²) in [6.45, 7) is 5.58. The first-order chi connectivity index (χ1) is 14.3. The highest BCUT2D eigenvalue weighted by molar-refractivity contribution is 6.08. The van der Waals surface area contributed by atoms with Crippen LogP contribution in [-0.2, 0) is 19.1 Å². The number of hydrogen-bond donors (Lipinski definition) is 1. The lowest BCUT2D eigenvalue weighted by atomic mass is 9.80. The summed E-state index contributed by atoms with van der Waals surface area (Å²) in [5.41, 5.74) is -0.519. The number of fused-ring (bicyclic) bond motifs is 1. The van der Waals surface area contributed by atoms with Crippen molar-refractivity contribution in [1.82, 2.24) is 4.90 Å². The van der Waals surface area contributed by atoms with Crippen molar-refractivity contribution in [3.63, 3.8) is 0 Å². The minimum Gasteiger partial charge on any atom is -0.493 e. The number of esters is 1. The molecule has 0 aliphatic carbocycles. The second-order valence-electron chi connectivity index (χ2n) is 7.58. The Balaban J connectivity index is 2.15. The molecule has 0 aromatic heterocycles. The number of nitrogens with two attached hydrogens (primary N) is 1. The van der Waals surface area contributed by atoms with Crippen LogP contribution in [0.2, 0.25) is 0 Å². The predicted molar refractivity (Wildman–Crippen MR) is 105 cm³/mol. The van der Waals surface area contributed by atoms with Crippen LogP contribution >= 0.6 is 0 Å². The maximum Gasteiger partial charge on any atom is 0.368 e. The Morgan fingerprint density at radius 3 is 2.13 bits per heavy atom. The van der Waals surface area contributed by atoms with Crippen molar-refractivity contribution >= 4 is 17.8 Å². The van der Waals surface area contributed by atoms with Crippen molar-refractivity contribution in [2.45, 2.75) is 32.4 Å². The summed E-state index contributed by atoms with van der Waals surface area (Å²) in [5.74, 6) is -1.34. The smallest absolute Gasteiger partial charge is 0.368 e. The molecule has 2 N–H and O–H groups in total. The third kappa shape index (κ3) is 3.08. The third-order valence-electron chi connectivity index (χ3n) is 6.10. The van der Waals surface area contributed by atoms with Gasteiger partial charge in [-0.25, -0.2) is 4.79 Å². The van der Waals surface area contributed by atoms with Crippen LogP contribution in [0.5, 0.6) is 17.2 Å². The summed E-state index contributed by atoms with van der Waals surface area (Å²) in [6.07, 6.45) is 0. The van der Waals surface area contributed by atoms with Crippen LogP contribution in [0.3, 0.4) is 0 Å². The summed E-state index contributed by atoms with van der Waals surface area (Å²) in [5, 5.41) is 1.77. The van der Waals surface area contributed by atoms with E-state index in [0.29, 0.717) is 22.8 Å². The van der Waals surface area contributed by atoms with Gasteiger partial charge < -0.3 is 24.3 Å². The Morgan fingerprint density at radius 2 is 1.67 bits per heavy atom. The normalized spacial score (nSPS) is 27.8. The number of carbonyl (C=O) groups is 3. The summed E-state index contributed by atoms with van der Waals surface area (Å²) >= 11 is 0. The molecule has 0 radical (unpaired) electrons. The number of carbonyl (C=O) groups excluding carboxylic acids is 3. The second kappa shape index (κ2) is 8.14. The topological polar surface area (TPSA) is 108 Å². The number of ether oxygens (including phenoxy) is 4. The number of benzene rings is 1. The molecule has 0 saturated carbocycles. The van der Waals surface area contributed by atoms with Crippen LogP contribution in [0.1, 0.15) is 32.4 Å². The maximum absolute atomic E-state index is 13.2. The van der Waals surface area contributed by atoms with Gasteiger partial charge in [-0.3, -0.25) is 14.5 Å². The van der Waals surface area contributed by atoms with Gasteiger partial charge in [0.2, 0.25) is 23.1 Å². The Bertz CT molecular complexity index is 846. The molecule has 2 aliphatic heterocycles. The van der Waals surface area contributed by atoms with Gasteiger partial charge in [-0.1, -0.05) is 0 Å². The number of quaternary nitrogens is 1. The second-order valence-corrected chi connectivity index (χ2v) is 7.58. The van der Waals surface area contributed by atoms with E-state index in [0.717, 1.165) is 0 Å². The molecule has 1 aromatic rings. The summed E-state index contributed by atoms with van der Waals surface area (Å²) in [6, 6.07) is 3.01. The largest absolute Gasteiger partial charge is 0.493 e. The molecule has 2 saturated heterocycles. The summed E-state index contributed by atoms with van der Waals surface area (Å²) in [7, 11) is 4.52. The molecule has 30 heavy (non-hydrogen) atoms. The van der Waals surface area contributed by atoms with Crippen LogP contribution < -0.4 is 19.5 Å². The van der Waals surface area contributed by atoms with Gasteiger partial charge in [0.25, 0.3) is 0 Å². The fourth-order valence-electron chi connectivity index (χ4n) is 4.71. The molecule has 0 unspecified atom stereocenters. The molecular weight excluding hydrogens is 392 g/mol. The molecule has 2 aliphatic rings. The zero-order valence-corrected chi connectivity index (χ0v) is 18.2. The zero-order valence-electron chi connectivity index (χ0n) is 18.2. The Hall–Kier alpha value is -2.81. The summed E-state index contributed by atoms with van der Waals surface area (Å²) < 4.78 is 21.6. The van der Waals surface area contributed by atoms with Gasteiger partial charge in [0.05, 0.1) is 27.9 Å². The molecule has 9 heteroatoms. The highest BCUT2D eigenvalue weighted by Crippen LogP contribution is 2.47. The van der Waals surface area contributed by atoms with Crippen molar-refractivity contribution < 1.29 is 38.6 Å². The highest BCUT2D eigenvalue weighted by Gasteiger charge is 2.70. The van der Waals surface area contributed by atoms with Crippen molar-refractivity contribution in [3.8, 4) is 17.2 Å². The molecule has 2 fully saturated rings. The molecule has 4 atom stereocenters. The Kier molecular flexibility index (Phi) is 5.94. The van der Waals surface area contributed by atoms with Crippen LogP contribution in [0.25, 0.3) is 0 Å². The van der Waals surface area contributed by atoms with E-state index in [1.807, 2.05) is 0 Å². The van der Waals surface area contributed by atoms with E-state index in [9.17, 15) is 14.4 Å². The number of likely N-dealkylation sites (tertiary alicyclic amines) is 1. The number of rotatable bonds is 7. The Labute approximate surface area is 175 Å². The lowest BCUT2D eigenvalue weighted by molar-refractivity contribution is -0.731. The lowest BCUT2D eigenvalue weighted by Gasteiger charge is -2.26. The van der Waals surface area contributed by atoms with E-state index in [-0.39, 0.29) is 25.0 Å². The number of nitrogens with zero attached hydrogens (tertiary/aromatic N) is 1. The quantitative estimate of drug-likeness (QED) is 0.497. The predicted octanol–water partition coefficient (Wildman–Crippen LogP) is 0.273. The van der Waals surface area contributed by atoms with E-state index in [1.165, 1.54) is 26.2 Å². The first-order valence-electron chi connectivity index (χ1n) is 9.97. The van der Waals surface area contributed by atoms with Gasteiger partial charge in [0.1, 0.15) is 17.9 Å². The van der Waals surface area contributed by atoms with E-state index in [4.69, 9.17) is 18.9 Å². The minimum absolute atomic E-state index is 0.189. The molecule has 1 aromatic carbocycles. The molecule has 2 amide bonds. The molecule has 0 bridgehead atoms. The number of methoxy groups -OCH3 is 3. The first-order valence-corrected chi connectivity index (χ1v) is 9.97. The molecular formula is C21H29N2O7+. The molecule has 164 valence electrons. The lowest BCUT2D eigenvalue weighted by Crippen LogP contribution is -2.97. The zero-order chi connectivity index (χ0) is 22.2. The van der Waals surface area contributed by atoms with Gasteiger partial charge in [-0.05, 0) is 26.0 Å². The van der Waals surface area contributed by atoms with Crippen LogP contribution in [-0.4, -0.2) is 62.7 Å². The van der Waals surface area contributed by atoms with Gasteiger partial charge in [0.15, 0.2) is 11.5 Å². The van der Waals surface area contributed by atoms with Crippen LogP contribution in [0, 0.1) is 11.8 Å². The molecule has 2 heterocycles. The monoisotopic (exact) mass is 421 g/mol. The van der Waals surface area contributed by atoms with E-state index >= 15 is 0 Å². The number of amides is 2. The summed E-state index contributed by atoms with van der Waals surface area (Å²) in [4.78, 5) is 40.3. The average molecular weight is 421 g/mol.